The van der Waals surface area contributed by atoms with Crippen LogP contribution >= 0.6 is 0 Å². The minimum Gasteiger partial charge on any atom is -0.251 e. The molecule has 1 N–H and O–H groups in total. The van der Waals surface area contributed by atoms with Gasteiger partial charge in [0.05, 0.1) is 5.60 Å². The highest BCUT2D eigenvalue weighted by Gasteiger charge is 2.06. The molecule has 0 aliphatic carbocycles. The van der Waals surface area contributed by atoms with Gasteiger partial charge in [0.25, 0.3) is 0 Å². The number of hydrogen-bond donors (Lipinski definition) is 1. The summed E-state index contributed by atoms with van der Waals surface area (Å²) >= 11 is 0. The van der Waals surface area contributed by atoms with E-state index in [-0.39, 0.29) is 0 Å². The number of rotatable bonds is 5. The maximum atomic E-state index is 7.90. The van der Waals surface area contributed by atoms with Crippen LogP contribution in [0, 0.1) is 0 Å². The van der Waals surface area contributed by atoms with E-state index in [2.05, 4.69) is 18.7 Å². The lowest BCUT2D eigenvalue weighted by molar-refractivity contribution is -0.306. The molecule has 0 aromatic carbocycles. The minimum atomic E-state index is -0.403. The Kier molecular flexibility index (Phi) is 12.8. The first-order valence-electron chi connectivity index (χ1n) is 5.80. The molecule has 0 rings (SSSR count). The van der Waals surface area contributed by atoms with Crippen molar-refractivity contribution in [3.05, 3.63) is 0 Å². The molecule has 0 atom stereocenters. The highest BCUT2D eigenvalue weighted by Crippen LogP contribution is 2.03. The first-order valence-corrected chi connectivity index (χ1v) is 5.80. The first kappa shape index (κ1) is 16.4. The van der Waals surface area contributed by atoms with E-state index < -0.39 is 5.60 Å². The molecule has 88 valence electrons. The fourth-order valence-electron chi connectivity index (χ4n) is 0.854. The van der Waals surface area contributed by atoms with Crippen LogP contribution < -0.4 is 0 Å². The molecule has 0 aromatic rings. The van der Waals surface area contributed by atoms with Crippen LogP contribution in [0.4, 0.5) is 0 Å². The van der Waals surface area contributed by atoms with Gasteiger partial charge >= 0.3 is 0 Å². The van der Waals surface area contributed by atoms with Gasteiger partial charge in [-0.05, 0) is 20.8 Å². The van der Waals surface area contributed by atoms with E-state index in [1.54, 1.807) is 20.8 Å². The van der Waals surface area contributed by atoms with Crippen LogP contribution in [0.5, 0.6) is 0 Å². The second-order valence-corrected chi connectivity index (χ2v) is 4.62. The summed E-state index contributed by atoms with van der Waals surface area (Å²) in [4.78, 5) is 3.94. The summed E-state index contributed by atoms with van der Waals surface area (Å²) in [6.45, 7) is 9.82. The average Bonchev–Trinajstić information content (AvgIpc) is 2.13. The molecule has 0 radical (unpaired) electrons. The van der Waals surface area contributed by atoms with Gasteiger partial charge in [0.2, 0.25) is 0 Å². The van der Waals surface area contributed by atoms with Gasteiger partial charge in [0.15, 0.2) is 0 Å². The normalized spacial score (nSPS) is 10.7. The van der Waals surface area contributed by atoms with Crippen molar-refractivity contribution in [2.45, 2.75) is 78.7 Å². The van der Waals surface area contributed by atoms with Gasteiger partial charge in [-0.1, -0.05) is 52.4 Å². The Morgan fingerprint density at radius 3 is 1.29 bits per heavy atom. The molecule has 0 aliphatic heterocycles. The SMILES string of the molecule is CC(C)(C)OO.CCCCCCCC. The van der Waals surface area contributed by atoms with Gasteiger partial charge in [-0.15, -0.1) is 0 Å². The minimum absolute atomic E-state index is 0.403. The van der Waals surface area contributed by atoms with Gasteiger partial charge in [0, 0.05) is 0 Å². The highest BCUT2D eigenvalue weighted by molar-refractivity contribution is 4.53. The highest BCUT2D eigenvalue weighted by atomic mass is 17.1. The van der Waals surface area contributed by atoms with E-state index in [1.165, 1.54) is 38.5 Å². The van der Waals surface area contributed by atoms with Crippen LogP contribution in [0.2, 0.25) is 0 Å². The molecule has 0 unspecified atom stereocenters. The molecule has 0 fully saturated rings. The van der Waals surface area contributed by atoms with E-state index in [0.717, 1.165) is 0 Å². The van der Waals surface area contributed by atoms with E-state index in [1.807, 2.05) is 0 Å². The third-order valence-electron chi connectivity index (χ3n) is 1.73. The molecule has 0 saturated heterocycles. The smallest absolute Gasteiger partial charge is 0.0949 e. The van der Waals surface area contributed by atoms with E-state index >= 15 is 0 Å². The molecule has 0 bridgehead atoms. The van der Waals surface area contributed by atoms with Crippen molar-refractivity contribution in [2.24, 2.45) is 0 Å². The van der Waals surface area contributed by atoms with Gasteiger partial charge < -0.3 is 0 Å². The Morgan fingerprint density at radius 1 is 0.857 bits per heavy atom. The largest absolute Gasteiger partial charge is 0.251 e. The summed E-state index contributed by atoms with van der Waals surface area (Å²) in [6, 6.07) is 0. The van der Waals surface area contributed by atoms with Crippen molar-refractivity contribution >= 4 is 0 Å². The van der Waals surface area contributed by atoms with E-state index in [4.69, 9.17) is 5.26 Å². The summed E-state index contributed by atoms with van der Waals surface area (Å²) in [7, 11) is 0. The van der Waals surface area contributed by atoms with Gasteiger partial charge in [-0.2, -0.15) is 0 Å². The molecular formula is C12H28O2. The van der Waals surface area contributed by atoms with Crippen molar-refractivity contribution in [1.29, 1.82) is 0 Å². The standard InChI is InChI=1S/C8H18.C4H10O2/c1-3-5-7-8-6-4-2;1-4(2,3)6-5/h3-8H2,1-2H3;5H,1-3H3. The molecule has 0 spiro atoms. The third-order valence-corrected chi connectivity index (χ3v) is 1.73. The molecule has 0 saturated carbocycles. The second-order valence-electron chi connectivity index (χ2n) is 4.62. The average molecular weight is 204 g/mol. The molecular weight excluding hydrogens is 176 g/mol. The fraction of sp³-hybridized carbons (Fsp3) is 1.00. The maximum Gasteiger partial charge on any atom is 0.0949 e. The third kappa shape index (κ3) is 22.7. The monoisotopic (exact) mass is 204 g/mol. The quantitative estimate of drug-likeness (QED) is 0.401. The lowest BCUT2D eigenvalue weighted by Gasteiger charge is -2.10. The van der Waals surface area contributed by atoms with Crippen molar-refractivity contribution in [3.8, 4) is 0 Å². The number of hydrogen-bond acceptors (Lipinski definition) is 2. The van der Waals surface area contributed by atoms with Crippen LogP contribution in [0.15, 0.2) is 0 Å². The van der Waals surface area contributed by atoms with Crippen LogP contribution in [0.1, 0.15) is 73.1 Å². The number of unbranched alkanes of at least 4 members (excludes halogenated alkanes) is 5. The predicted molar refractivity (Wildman–Crippen MR) is 62.5 cm³/mol. The predicted octanol–water partition coefficient (Wildman–Crippen LogP) is 4.64. The molecule has 0 heterocycles. The Hall–Kier alpha value is -0.0800. The van der Waals surface area contributed by atoms with Crippen molar-refractivity contribution < 1.29 is 10.1 Å². The van der Waals surface area contributed by atoms with Crippen molar-refractivity contribution in [3.63, 3.8) is 0 Å². The fourth-order valence-corrected chi connectivity index (χ4v) is 0.854. The zero-order chi connectivity index (χ0) is 11.4. The molecule has 0 aliphatic rings. The lowest BCUT2D eigenvalue weighted by atomic mass is 10.1. The zero-order valence-corrected chi connectivity index (χ0v) is 10.6. The van der Waals surface area contributed by atoms with Crippen LogP contribution in [-0.4, -0.2) is 10.9 Å². The molecule has 2 nitrogen and oxygen atoms in total. The summed E-state index contributed by atoms with van der Waals surface area (Å²) in [6.07, 6.45) is 8.49. The Labute approximate surface area is 89.6 Å². The summed E-state index contributed by atoms with van der Waals surface area (Å²) in [5.74, 6) is 0. The first-order chi connectivity index (χ1) is 6.47. The molecule has 2 heteroatoms. The van der Waals surface area contributed by atoms with Crippen LogP contribution in [-0.2, 0) is 4.89 Å². The Balaban J connectivity index is 0. The van der Waals surface area contributed by atoms with E-state index in [9.17, 15) is 0 Å². The van der Waals surface area contributed by atoms with E-state index in [0.29, 0.717) is 0 Å². The Bertz CT molecular complexity index is 89.0. The molecule has 0 amide bonds. The summed E-state index contributed by atoms with van der Waals surface area (Å²) < 4.78 is 0. The van der Waals surface area contributed by atoms with Gasteiger partial charge in [-0.25, -0.2) is 4.89 Å². The second kappa shape index (κ2) is 11.0. The topological polar surface area (TPSA) is 29.5 Å². The lowest BCUT2D eigenvalue weighted by Crippen LogP contribution is -2.15. The van der Waals surface area contributed by atoms with Gasteiger partial charge in [-0.3, -0.25) is 5.26 Å². The van der Waals surface area contributed by atoms with Crippen LogP contribution in [0.3, 0.4) is 0 Å². The Morgan fingerprint density at radius 2 is 1.14 bits per heavy atom. The van der Waals surface area contributed by atoms with Gasteiger partial charge in [0.1, 0.15) is 0 Å². The zero-order valence-electron chi connectivity index (χ0n) is 10.6. The van der Waals surface area contributed by atoms with Crippen molar-refractivity contribution in [1.82, 2.24) is 0 Å². The maximum absolute atomic E-state index is 7.90. The van der Waals surface area contributed by atoms with Crippen LogP contribution in [0.25, 0.3) is 0 Å². The summed E-state index contributed by atoms with van der Waals surface area (Å²) in [5, 5.41) is 7.90. The van der Waals surface area contributed by atoms with Crippen molar-refractivity contribution in [2.75, 3.05) is 0 Å². The molecule has 0 aromatic heterocycles. The summed E-state index contributed by atoms with van der Waals surface area (Å²) in [5.41, 5.74) is -0.403. The molecule has 14 heavy (non-hydrogen) atoms.